The average molecular weight is 180 g/mol. The van der Waals surface area contributed by atoms with E-state index >= 15 is 0 Å². The highest BCUT2D eigenvalue weighted by Gasteiger charge is 2.33. The van der Waals surface area contributed by atoms with Crippen molar-refractivity contribution < 1.29 is 5.11 Å². The van der Waals surface area contributed by atoms with E-state index in [1.54, 1.807) is 4.68 Å². The molecule has 1 aromatic heterocycles. The second-order valence-electron chi connectivity index (χ2n) is 4.06. The van der Waals surface area contributed by atoms with Gasteiger partial charge < -0.3 is 5.11 Å². The first kappa shape index (κ1) is 8.75. The van der Waals surface area contributed by atoms with Gasteiger partial charge in [-0.2, -0.15) is 5.10 Å². The number of nitrogens with zero attached hydrogens (tertiary/aromatic N) is 2. The molecule has 2 unspecified atom stereocenters. The van der Waals surface area contributed by atoms with Crippen molar-refractivity contribution in [3.05, 3.63) is 18.0 Å². The van der Waals surface area contributed by atoms with E-state index in [2.05, 4.69) is 12.0 Å². The van der Waals surface area contributed by atoms with E-state index in [-0.39, 0.29) is 6.10 Å². The van der Waals surface area contributed by atoms with Crippen LogP contribution in [0, 0.1) is 11.8 Å². The summed E-state index contributed by atoms with van der Waals surface area (Å²) in [7, 11) is 1.87. The van der Waals surface area contributed by atoms with Crippen LogP contribution in [0.2, 0.25) is 0 Å². The molecule has 1 heterocycles. The number of rotatable bonds is 3. The molecule has 1 N–H and O–H groups in total. The summed E-state index contributed by atoms with van der Waals surface area (Å²) in [6, 6.07) is 1.89. The fourth-order valence-corrected chi connectivity index (χ4v) is 1.74. The molecular formula is C10H16N2O. The van der Waals surface area contributed by atoms with E-state index in [4.69, 9.17) is 0 Å². The maximum absolute atomic E-state index is 9.94. The van der Waals surface area contributed by atoms with Crippen LogP contribution >= 0.6 is 0 Å². The minimum atomic E-state index is -0.381. The van der Waals surface area contributed by atoms with Crippen molar-refractivity contribution in [2.75, 3.05) is 0 Å². The summed E-state index contributed by atoms with van der Waals surface area (Å²) in [4.78, 5) is 0. The second-order valence-corrected chi connectivity index (χ2v) is 4.06. The zero-order valence-electron chi connectivity index (χ0n) is 8.14. The van der Waals surface area contributed by atoms with Crippen molar-refractivity contribution in [1.82, 2.24) is 9.78 Å². The van der Waals surface area contributed by atoms with Gasteiger partial charge in [-0.05, 0) is 30.7 Å². The van der Waals surface area contributed by atoms with Gasteiger partial charge in [-0.15, -0.1) is 0 Å². The average Bonchev–Trinajstić information content (AvgIpc) is 2.87. The largest absolute Gasteiger partial charge is 0.386 e. The van der Waals surface area contributed by atoms with E-state index < -0.39 is 0 Å². The molecule has 0 spiro atoms. The van der Waals surface area contributed by atoms with Crippen molar-refractivity contribution in [1.29, 1.82) is 0 Å². The maximum Gasteiger partial charge on any atom is 0.101 e. The predicted octanol–water partition coefficient (Wildman–Crippen LogP) is 1.50. The van der Waals surface area contributed by atoms with Crippen LogP contribution in [0.4, 0.5) is 0 Å². The lowest BCUT2D eigenvalue weighted by molar-refractivity contribution is 0.101. The zero-order valence-corrected chi connectivity index (χ0v) is 8.14. The molecule has 3 nitrogen and oxygen atoms in total. The van der Waals surface area contributed by atoms with Gasteiger partial charge in [0.15, 0.2) is 0 Å². The van der Waals surface area contributed by atoms with E-state index in [1.165, 1.54) is 12.8 Å². The Balaban J connectivity index is 2.06. The molecule has 0 aromatic carbocycles. The standard InChI is InChI=1S/C10H16N2O/c1-7(8-3-4-8)10(13)9-5-6-12(2)11-9/h5-8,10,13H,3-4H2,1-2H3. The Bertz CT molecular complexity index is 291. The number of aryl methyl sites for hydroxylation is 1. The van der Waals surface area contributed by atoms with Gasteiger partial charge in [-0.1, -0.05) is 6.92 Å². The normalized spacial score (nSPS) is 21.5. The van der Waals surface area contributed by atoms with Gasteiger partial charge in [0.1, 0.15) is 6.10 Å². The Labute approximate surface area is 78.4 Å². The Morgan fingerprint density at radius 2 is 2.31 bits per heavy atom. The molecule has 1 aromatic rings. The Morgan fingerprint density at radius 1 is 1.62 bits per heavy atom. The monoisotopic (exact) mass is 180 g/mol. The summed E-state index contributed by atoms with van der Waals surface area (Å²) < 4.78 is 1.73. The van der Waals surface area contributed by atoms with Gasteiger partial charge in [0.05, 0.1) is 5.69 Å². The van der Waals surface area contributed by atoms with Gasteiger partial charge in [0.25, 0.3) is 0 Å². The summed E-state index contributed by atoms with van der Waals surface area (Å²) in [5.74, 6) is 1.08. The van der Waals surface area contributed by atoms with Crippen molar-refractivity contribution >= 4 is 0 Å². The quantitative estimate of drug-likeness (QED) is 0.765. The van der Waals surface area contributed by atoms with Crippen LogP contribution in [0.15, 0.2) is 12.3 Å². The molecule has 1 aliphatic rings. The summed E-state index contributed by atoms with van der Waals surface area (Å²) in [5, 5.41) is 14.1. The molecular weight excluding hydrogens is 164 g/mol. The van der Waals surface area contributed by atoms with Gasteiger partial charge in [-0.25, -0.2) is 0 Å². The number of hydrogen-bond acceptors (Lipinski definition) is 2. The van der Waals surface area contributed by atoms with E-state index in [1.807, 2.05) is 19.3 Å². The third kappa shape index (κ3) is 1.75. The fraction of sp³-hybridized carbons (Fsp3) is 0.700. The summed E-state index contributed by atoms with van der Waals surface area (Å²) in [6.07, 6.45) is 4.03. The fourth-order valence-electron chi connectivity index (χ4n) is 1.74. The third-order valence-electron chi connectivity index (χ3n) is 2.90. The predicted molar refractivity (Wildman–Crippen MR) is 50.1 cm³/mol. The Kier molecular flexibility index (Phi) is 2.12. The lowest BCUT2D eigenvalue weighted by Gasteiger charge is -2.15. The van der Waals surface area contributed by atoms with E-state index in [0.29, 0.717) is 5.92 Å². The molecule has 1 aliphatic carbocycles. The molecule has 2 rings (SSSR count). The summed E-state index contributed by atoms with van der Waals surface area (Å²) in [6.45, 7) is 2.11. The van der Waals surface area contributed by atoms with E-state index in [9.17, 15) is 5.11 Å². The molecule has 2 atom stereocenters. The molecule has 0 bridgehead atoms. The smallest absolute Gasteiger partial charge is 0.101 e. The highest BCUT2D eigenvalue weighted by molar-refractivity contribution is 5.05. The lowest BCUT2D eigenvalue weighted by Crippen LogP contribution is -2.12. The number of hydrogen-bond donors (Lipinski definition) is 1. The minimum absolute atomic E-state index is 0.356. The molecule has 1 fully saturated rings. The van der Waals surface area contributed by atoms with E-state index in [0.717, 1.165) is 11.6 Å². The molecule has 0 radical (unpaired) electrons. The lowest BCUT2D eigenvalue weighted by atomic mass is 9.97. The van der Waals surface area contributed by atoms with Crippen LogP contribution in [0.3, 0.4) is 0 Å². The second kappa shape index (κ2) is 3.14. The van der Waals surface area contributed by atoms with Gasteiger partial charge in [0, 0.05) is 13.2 Å². The summed E-state index contributed by atoms with van der Waals surface area (Å²) >= 11 is 0. The van der Waals surface area contributed by atoms with Crippen LogP contribution in [0.1, 0.15) is 31.6 Å². The van der Waals surface area contributed by atoms with Crippen molar-refractivity contribution in [2.45, 2.75) is 25.9 Å². The van der Waals surface area contributed by atoms with Crippen LogP contribution in [0.25, 0.3) is 0 Å². The zero-order chi connectivity index (χ0) is 9.42. The molecule has 0 saturated heterocycles. The highest BCUT2D eigenvalue weighted by atomic mass is 16.3. The Hall–Kier alpha value is -0.830. The summed E-state index contributed by atoms with van der Waals surface area (Å²) in [5.41, 5.74) is 0.807. The Morgan fingerprint density at radius 3 is 2.77 bits per heavy atom. The molecule has 72 valence electrons. The first-order valence-electron chi connectivity index (χ1n) is 4.86. The third-order valence-corrected chi connectivity index (χ3v) is 2.90. The minimum Gasteiger partial charge on any atom is -0.386 e. The number of aromatic nitrogens is 2. The van der Waals surface area contributed by atoms with Crippen LogP contribution in [-0.2, 0) is 7.05 Å². The molecule has 13 heavy (non-hydrogen) atoms. The van der Waals surface area contributed by atoms with Crippen molar-refractivity contribution in [3.63, 3.8) is 0 Å². The molecule has 3 heteroatoms. The van der Waals surface area contributed by atoms with Crippen molar-refractivity contribution in [3.8, 4) is 0 Å². The van der Waals surface area contributed by atoms with Crippen LogP contribution < -0.4 is 0 Å². The number of aliphatic hydroxyl groups is 1. The SMILES string of the molecule is CC(C1CC1)C(O)c1ccn(C)n1. The first-order valence-corrected chi connectivity index (χ1v) is 4.86. The van der Waals surface area contributed by atoms with Crippen molar-refractivity contribution in [2.24, 2.45) is 18.9 Å². The maximum atomic E-state index is 9.94. The van der Waals surface area contributed by atoms with Gasteiger partial charge in [0.2, 0.25) is 0 Å². The topological polar surface area (TPSA) is 38.0 Å². The van der Waals surface area contributed by atoms with Gasteiger partial charge in [-0.3, -0.25) is 4.68 Å². The first-order chi connectivity index (χ1) is 6.18. The molecule has 0 amide bonds. The highest BCUT2D eigenvalue weighted by Crippen LogP contribution is 2.42. The molecule has 1 saturated carbocycles. The number of aliphatic hydroxyl groups excluding tert-OH is 1. The van der Waals surface area contributed by atoms with Crippen LogP contribution in [-0.4, -0.2) is 14.9 Å². The van der Waals surface area contributed by atoms with Crippen LogP contribution in [0.5, 0.6) is 0 Å². The van der Waals surface area contributed by atoms with Gasteiger partial charge >= 0.3 is 0 Å². The molecule has 0 aliphatic heterocycles.